The van der Waals surface area contributed by atoms with Gasteiger partial charge in [0.25, 0.3) is 0 Å². The second-order valence-corrected chi connectivity index (χ2v) is 11.4. The maximum atomic E-state index is 11.9. The molecule has 1 aliphatic rings. The van der Waals surface area contributed by atoms with E-state index in [1.54, 1.807) is 0 Å². The van der Waals surface area contributed by atoms with Crippen LogP contribution in [0.5, 0.6) is 0 Å². The molecule has 1 aromatic rings. The number of sulfonamides is 1. The van der Waals surface area contributed by atoms with Crippen LogP contribution in [0.25, 0.3) is 0 Å². The van der Waals surface area contributed by atoms with Gasteiger partial charge in [0.05, 0.1) is 0 Å². The van der Waals surface area contributed by atoms with Gasteiger partial charge < -0.3 is 0 Å². The third kappa shape index (κ3) is 8.18. The number of nitrogens with two attached hydrogens (primary N) is 2. The molecule has 0 aromatic heterocycles. The van der Waals surface area contributed by atoms with E-state index in [0.717, 1.165) is 20.8 Å². The molecule has 1 heterocycles. The third-order valence-corrected chi connectivity index (χ3v) is 7.86. The molecule has 1 fully saturated rings. The van der Waals surface area contributed by atoms with Crippen LogP contribution in [0.15, 0.2) is 23.1 Å². The Bertz CT molecular complexity index is 1090. The molecule has 194 valence electrons. The molecule has 0 spiro atoms. The van der Waals surface area contributed by atoms with E-state index in [9.17, 15) is 27.6 Å². The SMILES string of the molecule is CC(=O)OC[C@H]1O[C@@H]([Se]c2ccc(S(N)(=O)=O)c(N)c2)[C@H](OC(C)=O)[C@@H](OC(C)=O)[C@@H]1OC(C)=O. The van der Waals surface area contributed by atoms with Gasteiger partial charge in [-0.05, 0) is 0 Å². The van der Waals surface area contributed by atoms with Gasteiger partial charge in [0.1, 0.15) is 0 Å². The average Bonchev–Trinajstić information content (AvgIpc) is 2.69. The minimum absolute atomic E-state index is 0.0995. The molecule has 13 nitrogen and oxygen atoms in total. The minimum atomic E-state index is -4.05. The van der Waals surface area contributed by atoms with Crippen LogP contribution in [0.3, 0.4) is 0 Å². The molecule has 0 aliphatic carbocycles. The van der Waals surface area contributed by atoms with Crippen molar-refractivity contribution in [3.05, 3.63) is 18.2 Å². The van der Waals surface area contributed by atoms with Crippen molar-refractivity contribution in [1.29, 1.82) is 0 Å². The van der Waals surface area contributed by atoms with Crippen molar-refractivity contribution in [3.63, 3.8) is 0 Å². The van der Waals surface area contributed by atoms with Crippen LogP contribution < -0.4 is 15.3 Å². The van der Waals surface area contributed by atoms with Crippen LogP contribution in [-0.2, 0) is 52.9 Å². The van der Waals surface area contributed by atoms with E-state index in [1.165, 1.54) is 25.1 Å². The van der Waals surface area contributed by atoms with Crippen LogP contribution >= 0.6 is 0 Å². The Labute approximate surface area is 207 Å². The second-order valence-electron chi connectivity index (χ2n) is 7.43. The van der Waals surface area contributed by atoms with Crippen molar-refractivity contribution < 1.29 is 51.3 Å². The van der Waals surface area contributed by atoms with Gasteiger partial charge in [-0.15, -0.1) is 0 Å². The number of ether oxygens (including phenoxy) is 5. The van der Waals surface area contributed by atoms with Crippen LogP contribution in [0.4, 0.5) is 5.69 Å². The molecule has 1 aromatic carbocycles. The fourth-order valence-electron chi connectivity index (χ4n) is 3.28. The Balaban J connectivity index is 2.50. The number of nitrogen functional groups attached to an aromatic ring is 1. The normalized spacial score (nSPS) is 24.2. The fraction of sp³-hybridized carbons (Fsp3) is 0.500. The Hall–Kier alpha value is -2.71. The summed E-state index contributed by atoms with van der Waals surface area (Å²) < 4.78 is 51.0. The first kappa shape index (κ1) is 28.5. The number of carbonyl (C=O) groups is 4. The van der Waals surface area contributed by atoms with Crippen molar-refractivity contribution in [2.45, 2.75) is 62.0 Å². The van der Waals surface area contributed by atoms with Gasteiger partial charge >= 0.3 is 208 Å². The third-order valence-electron chi connectivity index (χ3n) is 4.49. The number of hydrogen-bond acceptors (Lipinski definition) is 12. The second kappa shape index (κ2) is 11.8. The molecular formula is C20H26N2O11SSe. The summed E-state index contributed by atoms with van der Waals surface area (Å²) in [6.45, 7) is 4.21. The van der Waals surface area contributed by atoms with Gasteiger partial charge in [0.15, 0.2) is 0 Å². The van der Waals surface area contributed by atoms with Crippen LogP contribution in [0.1, 0.15) is 27.7 Å². The molecule has 35 heavy (non-hydrogen) atoms. The van der Waals surface area contributed by atoms with Gasteiger partial charge in [-0.2, -0.15) is 0 Å². The molecule has 2 rings (SSSR count). The number of benzene rings is 1. The number of rotatable bonds is 8. The van der Waals surface area contributed by atoms with Crippen molar-refractivity contribution in [3.8, 4) is 0 Å². The van der Waals surface area contributed by atoms with Gasteiger partial charge in [-0.3, -0.25) is 0 Å². The molecule has 0 bridgehead atoms. The van der Waals surface area contributed by atoms with Crippen molar-refractivity contribution in [2.75, 3.05) is 12.3 Å². The zero-order valence-corrected chi connectivity index (χ0v) is 21.8. The van der Waals surface area contributed by atoms with E-state index in [1.807, 2.05) is 0 Å². The summed E-state index contributed by atoms with van der Waals surface area (Å²) in [6.07, 6.45) is -4.84. The van der Waals surface area contributed by atoms with Gasteiger partial charge in [0.2, 0.25) is 0 Å². The van der Waals surface area contributed by atoms with Crippen LogP contribution in [-0.4, -0.2) is 83.3 Å². The summed E-state index contributed by atoms with van der Waals surface area (Å²) in [5.74, 6) is -2.83. The van der Waals surface area contributed by atoms with Gasteiger partial charge in [-0.25, -0.2) is 0 Å². The van der Waals surface area contributed by atoms with Crippen molar-refractivity contribution in [2.24, 2.45) is 5.14 Å². The Kier molecular flexibility index (Phi) is 9.63. The summed E-state index contributed by atoms with van der Waals surface area (Å²) in [4.78, 5) is 46.7. The predicted octanol–water partition coefficient (Wildman–Crippen LogP) is -1.67. The number of hydrogen-bond donors (Lipinski definition) is 2. The van der Waals surface area contributed by atoms with E-state index in [0.29, 0.717) is 4.46 Å². The summed E-state index contributed by atoms with van der Waals surface area (Å²) in [7, 11) is -4.05. The van der Waals surface area contributed by atoms with Crippen LogP contribution in [0, 0.1) is 0 Å². The Morgan fingerprint density at radius 2 is 1.46 bits per heavy atom. The van der Waals surface area contributed by atoms with E-state index in [-0.39, 0.29) is 17.2 Å². The first-order chi connectivity index (χ1) is 16.2. The molecule has 0 amide bonds. The molecule has 0 saturated carbocycles. The van der Waals surface area contributed by atoms with Gasteiger partial charge in [-0.1, -0.05) is 0 Å². The Morgan fingerprint density at radius 3 is 1.94 bits per heavy atom. The first-order valence-corrected chi connectivity index (χ1v) is 13.5. The zero-order valence-electron chi connectivity index (χ0n) is 19.3. The summed E-state index contributed by atoms with van der Waals surface area (Å²) in [5.41, 5.74) is 5.75. The number of primary sulfonamides is 1. The molecule has 0 radical (unpaired) electrons. The Morgan fingerprint density at radius 1 is 0.914 bits per heavy atom. The predicted molar refractivity (Wildman–Crippen MR) is 120 cm³/mol. The topological polar surface area (TPSA) is 201 Å². The summed E-state index contributed by atoms with van der Waals surface area (Å²) >= 11 is -0.723. The first-order valence-electron chi connectivity index (χ1n) is 10.1. The van der Waals surface area contributed by atoms with E-state index < -0.39 is 78.3 Å². The standard InChI is InChI=1S/C20H26N2O11SSe/c1-9(23)29-8-15-17(30-10(2)24)18(31-11(3)25)19(32-12(4)26)20(33-15)35-13-5-6-16(14(21)7-13)34(22,27)28/h5-7,15,17-20H,8,21H2,1-4H3,(H2,22,27,28)/t15-,17-,18+,19-,20+/m1/s1. The maximum absolute atomic E-state index is 11.9. The zero-order chi connectivity index (χ0) is 26.5. The average molecular weight is 581 g/mol. The summed E-state index contributed by atoms with van der Waals surface area (Å²) in [5, 5.41) is 4.21. The van der Waals surface area contributed by atoms with E-state index in [2.05, 4.69) is 0 Å². The monoisotopic (exact) mass is 582 g/mol. The molecule has 5 atom stereocenters. The molecular weight excluding hydrogens is 555 g/mol. The van der Waals surface area contributed by atoms with Crippen molar-refractivity contribution >= 4 is 59.0 Å². The fourth-order valence-corrected chi connectivity index (χ4v) is 6.34. The number of esters is 4. The number of anilines is 1. The van der Waals surface area contributed by atoms with E-state index in [4.69, 9.17) is 34.6 Å². The number of carbonyl (C=O) groups excluding carboxylic acids is 4. The van der Waals surface area contributed by atoms with Crippen LogP contribution in [0.2, 0.25) is 0 Å². The van der Waals surface area contributed by atoms with E-state index >= 15 is 0 Å². The summed E-state index contributed by atoms with van der Waals surface area (Å²) in [6, 6.07) is 4.07. The van der Waals surface area contributed by atoms with Crippen molar-refractivity contribution in [1.82, 2.24) is 0 Å². The molecule has 4 N–H and O–H groups in total. The molecule has 0 unspecified atom stereocenters. The molecule has 15 heteroatoms. The molecule has 1 saturated heterocycles. The van der Waals surface area contributed by atoms with Gasteiger partial charge in [0, 0.05) is 0 Å². The molecule has 1 aliphatic heterocycles. The quantitative estimate of drug-likeness (QED) is 0.153.